The number of hydrogen-bond donors (Lipinski definition) is 4. The Labute approximate surface area is 122 Å². The third kappa shape index (κ3) is 4.03. The lowest BCUT2D eigenvalue weighted by Gasteiger charge is -2.09. The molecule has 20 heavy (non-hydrogen) atoms. The van der Waals surface area contributed by atoms with Crippen molar-refractivity contribution in [3.63, 3.8) is 0 Å². The van der Waals surface area contributed by atoms with Crippen LogP contribution in [0.3, 0.4) is 0 Å². The van der Waals surface area contributed by atoms with Crippen LogP contribution in [0.1, 0.15) is 17.4 Å². The number of thiocarbonyl (C=S) groups is 1. The van der Waals surface area contributed by atoms with E-state index in [0.29, 0.717) is 17.0 Å². The van der Waals surface area contributed by atoms with E-state index in [1.54, 1.807) is 48.5 Å². The monoisotopic (exact) mass is 289 g/mol. The number of nitrogens with one attached hydrogen (secondary N) is 1. The summed E-state index contributed by atoms with van der Waals surface area (Å²) in [6.07, 6.45) is -0.899. The molecule has 0 saturated heterocycles. The number of aliphatic hydroxyl groups excluding tert-OH is 1. The maximum absolute atomic E-state index is 9.20. The molecule has 0 spiro atoms. The van der Waals surface area contributed by atoms with Crippen LogP contribution in [0.5, 0.6) is 5.75 Å². The number of hydrogen-bond acceptors (Lipinski definition) is 4. The second-order valence-electron chi connectivity index (χ2n) is 4.39. The molecule has 4 nitrogen and oxygen atoms in total. The smallest absolute Gasteiger partial charge is 0.178 e. The Bertz CT molecular complexity index is 579. The van der Waals surface area contributed by atoms with Gasteiger partial charge in [-0.05, 0) is 29.8 Å². The largest absolute Gasteiger partial charge is 0.508 e. The molecule has 0 heterocycles. The quantitative estimate of drug-likeness (QED) is 0.395. The van der Waals surface area contributed by atoms with Crippen molar-refractivity contribution in [1.29, 1.82) is 0 Å². The van der Waals surface area contributed by atoms with Gasteiger partial charge < -0.3 is 20.6 Å². The van der Waals surface area contributed by atoms with Gasteiger partial charge in [-0.15, -0.1) is 0 Å². The number of phenolic OH excluding ortho intramolecular Hbond substituents is 1. The number of anilines is 1. The topological polar surface area (TPSA) is 72.7 Å². The maximum Gasteiger partial charge on any atom is 0.178 e. The van der Waals surface area contributed by atoms with Gasteiger partial charge in [-0.3, -0.25) is 0 Å². The molecule has 104 valence electrons. The summed E-state index contributed by atoms with van der Waals surface area (Å²) < 4.78 is 0. The number of benzene rings is 2. The van der Waals surface area contributed by atoms with Gasteiger partial charge >= 0.3 is 0 Å². The Morgan fingerprint density at radius 2 is 1.60 bits per heavy atom. The van der Waals surface area contributed by atoms with E-state index in [0.717, 1.165) is 11.3 Å². The van der Waals surface area contributed by atoms with Crippen molar-refractivity contribution >= 4 is 22.9 Å². The SMILES string of the molecule is Oc1ccc(NC(=S)Cc2ccc(C(O)O)cc2)cc1. The highest BCUT2D eigenvalue weighted by Gasteiger charge is 2.04. The van der Waals surface area contributed by atoms with Crippen LogP contribution in [0, 0.1) is 0 Å². The van der Waals surface area contributed by atoms with Crippen LogP contribution in [0.2, 0.25) is 0 Å². The summed E-state index contributed by atoms with van der Waals surface area (Å²) >= 11 is 5.26. The van der Waals surface area contributed by atoms with Crippen LogP contribution in [-0.2, 0) is 6.42 Å². The lowest BCUT2D eigenvalue weighted by molar-refractivity contribution is -0.0424. The molecule has 0 radical (unpaired) electrons. The van der Waals surface area contributed by atoms with Gasteiger partial charge in [0.1, 0.15) is 5.75 Å². The highest BCUT2D eigenvalue weighted by molar-refractivity contribution is 7.80. The Hall–Kier alpha value is -1.95. The molecule has 0 aliphatic rings. The fourth-order valence-corrected chi connectivity index (χ4v) is 2.03. The molecule has 5 heteroatoms. The van der Waals surface area contributed by atoms with Gasteiger partial charge in [0.15, 0.2) is 6.29 Å². The number of rotatable bonds is 4. The lowest BCUT2D eigenvalue weighted by Crippen LogP contribution is -2.12. The van der Waals surface area contributed by atoms with Gasteiger partial charge in [0.25, 0.3) is 0 Å². The fraction of sp³-hybridized carbons (Fsp3) is 0.133. The first-order chi connectivity index (χ1) is 9.54. The van der Waals surface area contributed by atoms with Crippen LogP contribution in [0.25, 0.3) is 0 Å². The summed E-state index contributed by atoms with van der Waals surface area (Å²) in [5, 5.41) is 30.3. The zero-order valence-electron chi connectivity index (χ0n) is 10.7. The van der Waals surface area contributed by atoms with Crippen LogP contribution in [0.4, 0.5) is 5.69 Å². The molecule has 0 amide bonds. The normalized spacial score (nSPS) is 10.6. The van der Waals surface area contributed by atoms with Gasteiger partial charge in [0.05, 0.1) is 4.99 Å². The zero-order valence-corrected chi connectivity index (χ0v) is 11.5. The fourth-order valence-electron chi connectivity index (χ4n) is 1.74. The van der Waals surface area contributed by atoms with E-state index < -0.39 is 6.29 Å². The minimum absolute atomic E-state index is 0.208. The minimum atomic E-state index is -1.45. The summed E-state index contributed by atoms with van der Waals surface area (Å²) in [4.78, 5) is 0.646. The maximum atomic E-state index is 9.20. The van der Waals surface area contributed by atoms with E-state index in [-0.39, 0.29) is 5.75 Å². The van der Waals surface area contributed by atoms with Gasteiger partial charge in [0.2, 0.25) is 0 Å². The third-order valence-corrected chi connectivity index (χ3v) is 3.04. The van der Waals surface area contributed by atoms with Gasteiger partial charge in [-0.25, -0.2) is 0 Å². The van der Waals surface area contributed by atoms with Crippen molar-refractivity contribution in [2.75, 3.05) is 5.32 Å². The van der Waals surface area contributed by atoms with E-state index in [1.165, 1.54) is 0 Å². The van der Waals surface area contributed by atoms with E-state index in [1.807, 2.05) is 0 Å². The van der Waals surface area contributed by atoms with Crippen molar-refractivity contribution < 1.29 is 15.3 Å². The van der Waals surface area contributed by atoms with Crippen LogP contribution < -0.4 is 5.32 Å². The first-order valence-corrected chi connectivity index (χ1v) is 6.49. The molecule has 0 aliphatic heterocycles. The molecule has 2 aromatic rings. The Morgan fingerprint density at radius 3 is 2.15 bits per heavy atom. The second-order valence-corrected chi connectivity index (χ2v) is 4.88. The van der Waals surface area contributed by atoms with Gasteiger partial charge in [-0.2, -0.15) is 0 Å². The van der Waals surface area contributed by atoms with Crippen molar-refractivity contribution in [1.82, 2.24) is 0 Å². The predicted octanol–water partition coefficient (Wildman–Crippen LogP) is 2.36. The zero-order chi connectivity index (χ0) is 14.5. The molecule has 0 saturated carbocycles. The van der Waals surface area contributed by atoms with E-state index in [2.05, 4.69) is 5.32 Å². The number of phenols is 1. The van der Waals surface area contributed by atoms with Gasteiger partial charge in [-0.1, -0.05) is 36.5 Å². The number of aliphatic hydroxyl groups is 2. The molecule has 2 rings (SSSR count). The van der Waals surface area contributed by atoms with E-state index in [9.17, 15) is 5.11 Å². The average Bonchev–Trinajstić information content (AvgIpc) is 2.42. The first kappa shape index (κ1) is 14.5. The van der Waals surface area contributed by atoms with Crippen LogP contribution in [0.15, 0.2) is 48.5 Å². The molecule has 2 aromatic carbocycles. The summed E-state index contributed by atoms with van der Waals surface area (Å²) in [6.45, 7) is 0. The third-order valence-electron chi connectivity index (χ3n) is 2.79. The van der Waals surface area contributed by atoms with Crippen LogP contribution >= 0.6 is 12.2 Å². The van der Waals surface area contributed by atoms with Crippen molar-refractivity contribution in [3.8, 4) is 5.75 Å². The Balaban J connectivity index is 1.95. The van der Waals surface area contributed by atoms with Crippen molar-refractivity contribution in [2.45, 2.75) is 12.7 Å². The molecule has 4 N–H and O–H groups in total. The molecule has 0 fully saturated rings. The standard InChI is InChI=1S/C15H15NO3S/c17-13-7-5-12(6-8-13)16-14(20)9-10-1-3-11(4-2-10)15(18)19/h1-8,15,17-19H,9H2,(H,16,20). The molecule has 0 bridgehead atoms. The molecular formula is C15H15NO3S. The predicted molar refractivity (Wildman–Crippen MR) is 81.7 cm³/mol. The molecular weight excluding hydrogens is 274 g/mol. The summed E-state index contributed by atoms with van der Waals surface area (Å²) in [5.41, 5.74) is 2.24. The van der Waals surface area contributed by atoms with E-state index >= 15 is 0 Å². The highest BCUT2D eigenvalue weighted by Crippen LogP contribution is 2.15. The Kier molecular flexibility index (Phi) is 4.68. The molecule has 0 aromatic heterocycles. The van der Waals surface area contributed by atoms with Crippen LogP contribution in [-0.4, -0.2) is 20.3 Å². The second kappa shape index (κ2) is 6.47. The molecule has 0 aliphatic carbocycles. The van der Waals surface area contributed by atoms with Crippen molar-refractivity contribution in [2.24, 2.45) is 0 Å². The summed E-state index contributed by atoms with van der Waals surface area (Å²) in [6, 6.07) is 13.6. The van der Waals surface area contributed by atoms with Gasteiger partial charge in [0, 0.05) is 17.7 Å². The van der Waals surface area contributed by atoms with E-state index in [4.69, 9.17) is 22.4 Å². The average molecular weight is 289 g/mol. The minimum Gasteiger partial charge on any atom is -0.508 e. The number of aromatic hydroxyl groups is 1. The Morgan fingerprint density at radius 1 is 1.00 bits per heavy atom. The lowest BCUT2D eigenvalue weighted by atomic mass is 10.1. The molecule has 0 unspecified atom stereocenters. The highest BCUT2D eigenvalue weighted by atomic mass is 32.1. The summed E-state index contributed by atoms with van der Waals surface area (Å²) in [5.74, 6) is 0.208. The first-order valence-electron chi connectivity index (χ1n) is 6.08. The van der Waals surface area contributed by atoms with Crippen molar-refractivity contribution in [3.05, 3.63) is 59.7 Å². The summed E-state index contributed by atoms with van der Waals surface area (Å²) in [7, 11) is 0. The molecule has 0 atom stereocenters.